The van der Waals surface area contributed by atoms with Gasteiger partial charge >= 0.3 is 0 Å². The lowest BCUT2D eigenvalue weighted by molar-refractivity contribution is -0.149. The monoisotopic (exact) mass is 144 g/mol. The van der Waals surface area contributed by atoms with Gasteiger partial charge in [-0.15, -0.1) is 0 Å². The minimum Gasteiger partial charge on any atom is -0.390 e. The van der Waals surface area contributed by atoms with E-state index in [1.54, 1.807) is 0 Å². The number of carbonyl (C=O) groups is 2. The van der Waals surface area contributed by atoms with E-state index in [0.717, 1.165) is 0 Å². The largest absolute Gasteiger partial charge is 0.390 e. The second-order valence-electron chi connectivity index (χ2n) is 2.34. The molecule has 0 aliphatic heterocycles. The van der Waals surface area contributed by atoms with Gasteiger partial charge in [-0.1, -0.05) is 0 Å². The zero-order valence-electron chi connectivity index (χ0n) is 5.28. The third-order valence-corrected chi connectivity index (χ3v) is 1.58. The van der Waals surface area contributed by atoms with E-state index >= 15 is 0 Å². The molecule has 2 N–H and O–H groups in total. The SMILES string of the molecule is O=C1CCC(O)C(O)C1=O. The fourth-order valence-corrected chi connectivity index (χ4v) is 0.900. The Balaban J connectivity index is 2.70. The van der Waals surface area contributed by atoms with Gasteiger partial charge in [-0.2, -0.15) is 0 Å². The van der Waals surface area contributed by atoms with Crippen LogP contribution in [0.15, 0.2) is 0 Å². The summed E-state index contributed by atoms with van der Waals surface area (Å²) in [5, 5.41) is 17.6. The Morgan fingerprint density at radius 1 is 1.30 bits per heavy atom. The minimum absolute atomic E-state index is 0.0526. The van der Waals surface area contributed by atoms with Crippen LogP contribution in [0.2, 0.25) is 0 Å². The van der Waals surface area contributed by atoms with E-state index in [2.05, 4.69) is 0 Å². The number of aliphatic hydroxyl groups is 2. The molecule has 10 heavy (non-hydrogen) atoms. The Kier molecular flexibility index (Phi) is 1.82. The number of hydrogen-bond donors (Lipinski definition) is 2. The van der Waals surface area contributed by atoms with Crippen LogP contribution >= 0.6 is 0 Å². The van der Waals surface area contributed by atoms with E-state index in [-0.39, 0.29) is 12.8 Å². The van der Waals surface area contributed by atoms with Crippen molar-refractivity contribution in [1.29, 1.82) is 0 Å². The molecule has 1 aliphatic rings. The summed E-state index contributed by atoms with van der Waals surface area (Å²) in [7, 11) is 0. The van der Waals surface area contributed by atoms with Gasteiger partial charge in [0.15, 0.2) is 0 Å². The summed E-state index contributed by atoms with van der Waals surface area (Å²) in [5.74, 6) is -1.45. The van der Waals surface area contributed by atoms with Crippen molar-refractivity contribution >= 4 is 11.6 Å². The van der Waals surface area contributed by atoms with Gasteiger partial charge in [0.1, 0.15) is 6.10 Å². The second-order valence-corrected chi connectivity index (χ2v) is 2.34. The molecular formula is C6H8O4. The summed E-state index contributed by atoms with van der Waals surface area (Å²) >= 11 is 0. The number of aliphatic hydroxyl groups excluding tert-OH is 2. The van der Waals surface area contributed by atoms with E-state index in [1.165, 1.54) is 0 Å². The molecule has 0 bridgehead atoms. The van der Waals surface area contributed by atoms with Crippen molar-refractivity contribution in [1.82, 2.24) is 0 Å². The molecule has 1 saturated carbocycles. The van der Waals surface area contributed by atoms with E-state index in [9.17, 15) is 9.59 Å². The zero-order chi connectivity index (χ0) is 7.72. The molecule has 1 rings (SSSR count). The van der Waals surface area contributed by atoms with Crippen LogP contribution in [0.5, 0.6) is 0 Å². The molecule has 0 amide bonds. The molecule has 0 aromatic heterocycles. The molecule has 1 aliphatic carbocycles. The first kappa shape index (κ1) is 7.37. The Morgan fingerprint density at radius 2 is 1.90 bits per heavy atom. The summed E-state index contributed by atoms with van der Waals surface area (Å²) < 4.78 is 0. The lowest BCUT2D eigenvalue weighted by atomic mass is 9.93. The summed E-state index contributed by atoms with van der Waals surface area (Å²) in [5.41, 5.74) is 0. The molecule has 2 atom stereocenters. The van der Waals surface area contributed by atoms with E-state index in [1.807, 2.05) is 0 Å². The van der Waals surface area contributed by atoms with Crippen molar-refractivity contribution in [3.05, 3.63) is 0 Å². The zero-order valence-corrected chi connectivity index (χ0v) is 5.28. The molecule has 0 spiro atoms. The van der Waals surface area contributed by atoms with Crippen molar-refractivity contribution < 1.29 is 19.8 Å². The van der Waals surface area contributed by atoms with Crippen molar-refractivity contribution in [2.45, 2.75) is 25.0 Å². The van der Waals surface area contributed by atoms with Crippen LogP contribution in [0.1, 0.15) is 12.8 Å². The summed E-state index contributed by atoms with van der Waals surface area (Å²) in [4.78, 5) is 21.1. The van der Waals surface area contributed by atoms with E-state index in [0.29, 0.717) is 0 Å². The summed E-state index contributed by atoms with van der Waals surface area (Å²) in [6.07, 6.45) is -2.30. The highest BCUT2D eigenvalue weighted by atomic mass is 16.3. The maximum Gasteiger partial charge on any atom is 0.229 e. The molecule has 0 heterocycles. The first-order valence-electron chi connectivity index (χ1n) is 3.06. The van der Waals surface area contributed by atoms with Crippen molar-refractivity contribution in [3.63, 3.8) is 0 Å². The van der Waals surface area contributed by atoms with Gasteiger partial charge in [0.05, 0.1) is 6.10 Å². The highest BCUT2D eigenvalue weighted by molar-refractivity contribution is 6.39. The van der Waals surface area contributed by atoms with E-state index in [4.69, 9.17) is 10.2 Å². The van der Waals surface area contributed by atoms with Gasteiger partial charge in [-0.25, -0.2) is 0 Å². The molecule has 0 aromatic carbocycles. The number of ketones is 2. The average molecular weight is 144 g/mol. The van der Waals surface area contributed by atoms with Crippen LogP contribution < -0.4 is 0 Å². The molecule has 0 aromatic rings. The maximum absolute atomic E-state index is 10.6. The Bertz CT molecular complexity index is 175. The van der Waals surface area contributed by atoms with Gasteiger partial charge in [-0.3, -0.25) is 9.59 Å². The van der Waals surface area contributed by atoms with Gasteiger partial charge in [0.2, 0.25) is 11.6 Å². The van der Waals surface area contributed by atoms with Crippen LogP contribution in [-0.4, -0.2) is 34.0 Å². The lowest BCUT2D eigenvalue weighted by Gasteiger charge is -2.19. The molecule has 1 fully saturated rings. The number of Topliss-reactive ketones (excluding diaryl/α,β-unsaturated/α-hetero) is 2. The standard InChI is InChI=1S/C6H8O4/c7-3-1-2-4(8)6(10)5(3)9/h3,5,7,9H,1-2H2. The molecule has 4 heteroatoms. The molecule has 2 unspecified atom stereocenters. The van der Waals surface area contributed by atoms with Crippen molar-refractivity contribution in [2.75, 3.05) is 0 Å². The first-order valence-corrected chi connectivity index (χ1v) is 3.06. The predicted octanol–water partition coefficient (Wildman–Crippen LogP) is -1.36. The fourth-order valence-electron chi connectivity index (χ4n) is 0.900. The van der Waals surface area contributed by atoms with Crippen LogP contribution in [-0.2, 0) is 9.59 Å². The van der Waals surface area contributed by atoms with Crippen LogP contribution in [0, 0.1) is 0 Å². The third kappa shape index (κ3) is 1.08. The quantitative estimate of drug-likeness (QED) is 0.412. The van der Waals surface area contributed by atoms with Gasteiger partial charge < -0.3 is 10.2 Å². The second kappa shape index (κ2) is 2.48. The highest BCUT2D eigenvalue weighted by Crippen LogP contribution is 2.11. The van der Waals surface area contributed by atoms with Gasteiger partial charge in [-0.05, 0) is 6.42 Å². The molecule has 0 saturated heterocycles. The number of hydrogen-bond acceptors (Lipinski definition) is 4. The Hall–Kier alpha value is -0.740. The van der Waals surface area contributed by atoms with Gasteiger partial charge in [0, 0.05) is 6.42 Å². The van der Waals surface area contributed by atoms with Gasteiger partial charge in [0.25, 0.3) is 0 Å². The fraction of sp³-hybridized carbons (Fsp3) is 0.667. The molecule has 0 radical (unpaired) electrons. The lowest BCUT2D eigenvalue weighted by Crippen LogP contribution is -2.43. The van der Waals surface area contributed by atoms with E-state index < -0.39 is 23.8 Å². The number of rotatable bonds is 0. The Labute approximate surface area is 57.5 Å². The number of carbonyl (C=O) groups excluding carboxylic acids is 2. The molecule has 56 valence electrons. The highest BCUT2D eigenvalue weighted by Gasteiger charge is 2.34. The topological polar surface area (TPSA) is 74.6 Å². The average Bonchev–Trinajstić information content (AvgIpc) is 1.93. The van der Waals surface area contributed by atoms with Crippen molar-refractivity contribution in [3.8, 4) is 0 Å². The Morgan fingerprint density at radius 3 is 2.40 bits per heavy atom. The van der Waals surface area contributed by atoms with Crippen LogP contribution in [0.4, 0.5) is 0 Å². The van der Waals surface area contributed by atoms with Crippen LogP contribution in [0.25, 0.3) is 0 Å². The summed E-state index contributed by atoms with van der Waals surface area (Å²) in [6.45, 7) is 0. The summed E-state index contributed by atoms with van der Waals surface area (Å²) in [6, 6.07) is 0. The minimum atomic E-state index is -1.48. The maximum atomic E-state index is 10.6. The normalized spacial score (nSPS) is 34.6. The van der Waals surface area contributed by atoms with Crippen LogP contribution in [0.3, 0.4) is 0 Å². The third-order valence-electron chi connectivity index (χ3n) is 1.58. The smallest absolute Gasteiger partial charge is 0.229 e. The molecular weight excluding hydrogens is 136 g/mol. The first-order chi connectivity index (χ1) is 4.63. The molecule has 4 nitrogen and oxygen atoms in total. The predicted molar refractivity (Wildman–Crippen MR) is 31.3 cm³/mol. The van der Waals surface area contributed by atoms with Crippen molar-refractivity contribution in [2.24, 2.45) is 0 Å².